The van der Waals surface area contributed by atoms with Crippen molar-refractivity contribution in [3.8, 4) is 0 Å². The zero-order chi connectivity index (χ0) is 15.0. The highest BCUT2D eigenvalue weighted by Crippen LogP contribution is 2.29. The van der Waals surface area contributed by atoms with Crippen molar-refractivity contribution in [3.63, 3.8) is 0 Å². The minimum absolute atomic E-state index is 0. The second kappa shape index (κ2) is 10.7. The van der Waals surface area contributed by atoms with E-state index in [2.05, 4.69) is 37.7 Å². The van der Waals surface area contributed by atoms with E-state index in [1.165, 1.54) is 12.8 Å². The minimum Gasteiger partial charge on any atom is -0.355 e. The van der Waals surface area contributed by atoms with Crippen LogP contribution in [0.4, 0.5) is 0 Å². The third kappa shape index (κ3) is 6.79. The number of carbonyl (C=O) groups is 1. The topological polar surface area (TPSA) is 41.1 Å². The molecule has 1 aliphatic heterocycles. The van der Waals surface area contributed by atoms with Crippen LogP contribution < -0.4 is 10.6 Å². The average molecular weight is 337 g/mol. The van der Waals surface area contributed by atoms with Crippen LogP contribution in [0.3, 0.4) is 0 Å². The Hall–Kier alpha value is 0.0700. The fraction of sp³-hybridized carbons (Fsp3) is 0.938. The monoisotopic (exact) mass is 336 g/mol. The first-order chi connectivity index (χ1) is 9.56. The number of piperidine rings is 1. The van der Waals surface area contributed by atoms with Gasteiger partial charge in [0, 0.05) is 17.7 Å². The molecule has 0 radical (unpaired) electrons. The van der Waals surface area contributed by atoms with Gasteiger partial charge in [0.15, 0.2) is 0 Å². The Balaban J connectivity index is 0.00000400. The van der Waals surface area contributed by atoms with E-state index in [4.69, 9.17) is 0 Å². The van der Waals surface area contributed by atoms with E-state index in [9.17, 15) is 4.79 Å². The molecule has 2 unspecified atom stereocenters. The van der Waals surface area contributed by atoms with Crippen LogP contribution in [0.25, 0.3) is 0 Å². The Bertz CT molecular complexity index is 284. The molecular formula is C16H33ClN2OS. The molecular weight excluding hydrogens is 304 g/mol. The number of hydrogen-bond donors (Lipinski definition) is 2. The van der Waals surface area contributed by atoms with Crippen molar-refractivity contribution in [3.05, 3.63) is 0 Å². The second-order valence-corrected chi connectivity index (χ2v) is 7.43. The van der Waals surface area contributed by atoms with Crippen LogP contribution in [0.1, 0.15) is 52.9 Å². The molecule has 0 bridgehead atoms. The van der Waals surface area contributed by atoms with Gasteiger partial charge in [-0.1, -0.05) is 20.8 Å². The van der Waals surface area contributed by atoms with Crippen molar-refractivity contribution in [1.82, 2.24) is 10.6 Å². The largest absolute Gasteiger partial charge is 0.355 e. The molecule has 2 atom stereocenters. The number of hydrogen-bond acceptors (Lipinski definition) is 3. The summed E-state index contributed by atoms with van der Waals surface area (Å²) >= 11 is 1.88. The fourth-order valence-electron chi connectivity index (χ4n) is 3.02. The Morgan fingerprint density at radius 3 is 2.57 bits per heavy atom. The third-order valence-corrected chi connectivity index (χ3v) is 6.56. The zero-order valence-corrected chi connectivity index (χ0v) is 15.7. The normalized spacial score (nSPS) is 20.5. The quantitative estimate of drug-likeness (QED) is 0.713. The Morgan fingerprint density at radius 2 is 2.10 bits per heavy atom. The first kappa shape index (κ1) is 21.1. The highest BCUT2D eigenvalue weighted by molar-refractivity contribution is 8.00. The van der Waals surface area contributed by atoms with Gasteiger partial charge >= 0.3 is 0 Å². The molecule has 126 valence electrons. The highest BCUT2D eigenvalue weighted by atomic mass is 35.5. The van der Waals surface area contributed by atoms with E-state index >= 15 is 0 Å². The second-order valence-electron chi connectivity index (χ2n) is 6.16. The number of rotatable bonds is 8. The molecule has 1 fully saturated rings. The van der Waals surface area contributed by atoms with Gasteiger partial charge in [0.05, 0.1) is 0 Å². The number of thioether (sulfide) groups is 1. The molecule has 1 rings (SSSR count). The van der Waals surface area contributed by atoms with Gasteiger partial charge in [-0.05, 0) is 56.9 Å². The van der Waals surface area contributed by atoms with Crippen molar-refractivity contribution < 1.29 is 4.79 Å². The van der Waals surface area contributed by atoms with Crippen molar-refractivity contribution >= 4 is 30.1 Å². The number of nitrogens with one attached hydrogen (secondary N) is 2. The molecule has 1 aliphatic rings. The van der Waals surface area contributed by atoms with Crippen LogP contribution in [-0.2, 0) is 4.79 Å². The van der Waals surface area contributed by atoms with Gasteiger partial charge in [-0.15, -0.1) is 12.4 Å². The molecule has 0 aromatic rings. The van der Waals surface area contributed by atoms with Crippen LogP contribution in [0.2, 0.25) is 0 Å². The highest BCUT2D eigenvalue weighted by Gasteiger charge is 2.26. The van der Waals surface area contributed by atoms with Crippen molar-refractivity contribution in [2.75, 3.05) is 25.9 Å². The zero-order valence-electron chi connectivity index (χ0n) is 14.0. The smallest absolute Gasteiger partial charge is 0.220 e. The summed E-state index contributed by atoms with van der Waals surface area (Å²) < 4.78 is 0.214. The number of carbonyl (C=O) groups excluding carboxylic acids is 1. The maximum Gasteiger partial charge on any atom is 0.220 e. The van der Waals surface area contributed by atoms with Crippen LogP contribution in [0, 0.1) is 11.8 Å². The molecule has 21 heavy (non-hydrogen) atoms. The summed E-state index contributed by atoms with van der Waals surface area (Å²) in [7, 11) is 0. The standard InChI is InChI=1S/C16H32N2OS.ClH/c1-5-16(6-2,20-4)12-18-15(19)10-13(3)14-8-7-9-17-11-14;/h13-14,17H,5-12H2,1-4H3,(H,18,19);1H. The van der Waals surface area contributed by atoms with Gasteiger partial charge in [-0.25, -0.2) is 0 Å². The maximum absolute atomic E-state index is 12.1. The number of amides is 1. The van der Waals surface area contributed by atoms with Gasteiger partial charge in [0.25, 0.3) is 0 Å². The molecule has 1 heterocycles. The van der Waals surface area contributed by atoms with Gasteiger partial charge < -0.3 is 10.6 Å². The lowest BCUT2D eigenvalue weighted by atomic mass is 9.85. The van der Waals surface area contributed by atoms with Gasteiger partial charge in [0.2, 0.25) is 5.91 Å². The first-order valence-corrected chi connectivity index (χ1v) is 9.32. The minimum atomic E-state index is 0. The summed E-state index contributed by atoms with van der Waals surface area (Å²) in [6.07, 6.45) is 7.54. The van der Waals surface area contributed by atoms with Crippen molar-refractivity contribution in [1.29, 1.82) is 0 Å². The lowest BCUT2D eigenvalue weighted by Gasteiger charge is -2.31. The van der Waals surface area contributed by atoms with Crippen LogP contribution in [0.5, 0.6) is 0 Å². The molecule has 0 aromatic carbocycles. The average Bonchev–Trinajstić information content (AvgIpc) is 2.50. The van der Waals surface area contributed by atoms with E-state index in [0.717, 1.165) is 32.5 Å². The fourth-order valence-corrected chi connectivity index (χ4v) is 3.81. The summed E-state index contributed by atoms with van der Waals surface area (Å²) in [6, 6.07) is 0. The lowest BCUT2D eigenvalue weighted by molar-refractivity contribution is -0.122. The van der Waals surface area contributed by atoms with Crippen molar-refractivity contribution in [2.24, 2.45) is 11.8 Å². The molecule has 1 amide bonds. The van der Waals surface area contributed by atoms with Gasteiger partial charge in [-0.2, -0.15) is 11.8 Å². The lowest BCUT2D eigenvalue weighted by Crippen LogP contribution is -2.41. The van der Waals surface area contributed by atoms with Gasteiger partial charge in [0.1, 0.15) is 0 Å². The number of halogens is 1. The molecule has 3 nitrogen and oxygen atoms in total. The van der Waals surface area contributed by atoms with Crippen LogP contribution >= 0.6 is 24.2 Å². The summed E-state index contributed by atoms with van der Waals surface area (Å²) in [5.74, 6) is 1.37. The summed E-state index contributed by atoms with van der Waals surface area (Å²) in [5.41, 5.74) is 0. The molecule has 5 heteroatoms. The van der Waals surface area contributed by atoms with E-state index in [1.807, 2.05) is 11.8 Å². The molecule has 0 saturated carbocycles. The van der Waals surface area contributed by atoms with Crippen molar-refractivity contribution in [2.45, 2.75) is 57.6 Å². The van der Waals surface area contributed by atoms with E-state index in [1.54, 1.807) is 0 Å². The Labute approximate surface area is 141 Å². The first-order valence-electron chi connectivity index (χ1n) is 8.09. The Kier molecular flexibility index (Phi) is 10.8. The third-order valence-electron chi connectivity index (χ3n) is 4.98. The molecule has 0 aromatic heterocycles. The predicted octanol–water partition coefficient (Wildman–Crippen LogP) is 3.47. The van der Waals surface area contributed by atoms with Gasteiger partial charge in [-0.3, -0.25) is 4.79 Å². The van der Waals surface area contributed by atoms with Crippen LogP contribution in [-0.4, -0.2) is 36.5 Å². The molecule has 0 aliphatic carbocycles. The predicted molar refractivity (Wildman–Crippen MR) is 96.5 cm³/mol. The SMILES string of the molecule is CCC(CC)(CNC(=O)CC(C)C1CCCNC1)SC.Cl. The molecule has 1 saturated heterocycles. The van der Waals surface area contributed by atoms with E-state index in [0.29, 0.717) is 18.3 Å². The maximum atomic E-state index is 12.1. The summed E-state index contributed by atoms with van der Waals surface area (Å²) in [6.45, 7) is 9.66. The summed E-state index contributed by atoms with van der Waals surface area (Å²) in [4.78, 5) is 12.1. The molecule has 2 N–H and O–H groups in total. The molecule has 0 spiro atoms. The van der Waals surface area contributed by atoms with E-state index in [-0.39, 0.29) is 23.1 Å². The van der Waals surface area contributed by atoms with E-state index < -0.39 is 0 Å². The summed E-state index contributed by atoms with van der Waals surface area (Å²) in [5, 5.41) is 6.60. The van der Waals surface area contributed by atoms with Crippen LogP contribution in [0.15, 0.2) is 0 Å². The Morgan fingerprint density at radius 1 is 1.43 bits per heavy atom.